The van der Waals surface area contributed by atoms with E-state index in [1.165, 1.54) is 0 Å². The molecule has 2 nitrogen and oxygen atoms in total. The molecule has 1 aliphatic heterocycles. The van der Waals surface area contributed by atoms with Crippen LogP contribution in [0.5, 0.6) is 0 Å². The number of carbonyl (C=O) groups is 1. The van der Waals surface area contributed by atoms with Crippen LogP contribution in [0.2, 0.25) is 0 Å². The summed E-state index contributed by atoms with van der Waals surface area (Å²) in [7, 11) is 0. The van der Waals surface area contributed by atoms with Gasteiger partial charge in [-0.25, -0.2) is 4.79 Å². The minimum Gasteiger partial charge on any atom is -0.445 e. The predicted octanol–water partition coefficient (Wildman–Crippen LogP) is 3.59. The Morgan fingerprint density at radius 1 is 0.950 bits per heavy atom. The summed E-state index contributed by atoms with van der Waals surface area (Å²) in [5, 5.41) is 0. The molecular weight excluding hydrogens is 248 g/mol. The standard InChI is InChI=1S/C18H14O2/c1-2-14-13-18(20-17(14)19,15-9-5-3-6-10-15)16-11-7-4-8-12-16/h3-12H,1,13H2. The molecule has 0 spiro atoms. The van der Waals surface area contributed by atoms with Crippen molar-refractivity contribution in [2.24, 2.45) is 0 Å². The highest BCUT2D eigenvalue weighted by Crippen LogP contribution is 2.44. The average Bonchev–Trinajstić information content (AvgIpc) is 2.87. The predicted molar refractivity (Wildman–Crippen MR) is 77.0 cm³/mol. The van der Waals surface area contributed by atoms with Crippen LogP contribution in [0.15, 0.2) is 78.5 Å². The minimum absolute atomic E-state index is 0.340. The van der Waals surface area contributed by atoms with Crippen molar-refractivity contribution in [2.45, 2.75) is 12.0 Å². The number of hydrogen-bond acceptors (Lipinski definition) is 2. The van der Waals surface area contributed by atoms with Crippen LogP contribution in [0.3, 0.4) is 0 Å². The second-order valence-corrected chi connectivity index (χ2v) is 4.78. The van der Waals surface area contributed by atoms with E-state index in [0.29, 0.717) is 12.0 Å². The zero-order valence-electron chi connectivity index (χ0n) is 11.0. The lowest BCUT2D eigenvalue weighted by atomic mass is 9.83. The van der Waals surface area contributed by atoms with Crippen LogP contribution in [-0.2, 0) is 15.1 Å². The van der Waals surface area contributed by atoms with Crippen molar-refractivity contribution >= 4 is 5.97 Å². The maximum absolute atomic E-state index is 12.0. The maximum atomic E-state index is 12.0. The molecule has 0 N–H and O–H groups in total. The first-order chi connectivity index (χ1) is 9.76. The molecular formula is C18H14O2. The molecule has 0 aromatic heterocycles. The lowest BCUT2D eigenvalue weighted by molar-refractivity contribution is -0.144. The number of esters is 1. The Balaban J connectivity index is 2.20. The van der Waals surface area contributed by atoms with Gasteiger partial charge in [0.25, 0.3) is 0 Å². The van der Waals surface area contributed by atoms with Crippen molar-refractivity contribution in [1.82, 2.24) is 0 Å². The highest BCUT2D eigenvalue weighted by atomic mass is 16.6. The molecule has 0 aliphatic carbocycles. The molecule has 1 aliphatic rings. The number of cyclic esters (lactones) is 1. The summed E-state index contributed by atoms with van der Waals surface area (Å²) in [6.07, 6.45) is 0.462. The van der Waals surface area contributed by atoms with Gasteiger partial charge in [-0.05, 0) is 0 Å². The van der Waals surface area contributed by atoms with Gasteiger partial charge in [0.15, 0.2) is 5.60 Å². The third kappa shape index (κ3) is 1.87. The van der Waals surface area contributed by atoms with Crippen LogP contribution in [0.1, 0.15) is 17.5 Å². The Hall–Kier alpha value is -2.57. The Morgan fingerprint density at radius 2 is 1.45 bits per heavy atom. The molecule has 0 bridgehead atoms. The molecule has 0 unspecified atom stereocenters. The summed E-state index contributed by atoms with van der Waals surface area (Å²) < 4.78 is 5.75. The molecule has 1 saturated heterocycles. The highest BCUT2D eigenvalue weighted by Gasteiger charge is 2.46. The minimum atomic E-state index is -0.764. The second kappa shape index (κ2) is 4.84. The Bertz CT molecular complexity index is 640. The molecule has 1 heterocycles. The number of carbonyl (C=O) groups excluding carboxylic acids is 1. The molecule has 1 fully saturated rings. The van der Waals surface area contributed by atoms with Crippen LogP contribution in [0, 0.1) is 0 Å². The van der Waals surface area contributed by atoms with Crippen molar-refractivity contribution in [3.8, 4) is 0 Å². The van der Waals surface area contributed by atoms with E-state index in [0.717, 1.165) is 11.1 Å². The van der Waals surface area contributed by atoms with Crippen molar-refractivity contribution < 1.29 is 9.53 Å². The highest BCUT2D eigenvalue weighted by molar-refractivity contribution is 5.91. The quantitative estimate of drug-likeness (QED) is 0.469. The van der Waals surface area contributed by atoms with Gasteiger partial charge in [0.1, 0.15) is 0 Å². The van der Waals surface area contributed by atoms with Gasteiger partial charge < -0.3 is 4.74 Å². The molecule has 0 radical (unpaired) electrons. The third-order valence-corrected chi connectivity index (χ3v) is 3.63. The first-order valence-corrected chi connectivity index (χ1v) is 6.49. The van der Waals surface area contributed by atoms with E-state index < -0.39 is 5.60 Å². The van der Waals surface area contributed by atoms with Crippen LogP contribution >= 0.6 is 0 Å². The van der Waals surface area contributed by atoms with E-state index in [-0.39, 0.29) is 5.97 Å². The third-order valence-electron chi connectivity index (χ3n) is 3.63. The van der Waals surface area contributed by atoms with E-state index in [4.69, 9.17) is 4.74 Å². The Kier molecular flexibility index (Phi) is 3.02. The number of benzene rings is 2. The molecule has 0 saturated carbocycles. The lowest BCUT2D eigenvalue weighted by Crippen LogP contribution is -2.27. The van der Waals surface area contributed by atoms with Gasteiger partial charge in [-0.2, -0.15) is 0 Å². The lowest BCUT2D eigenvalue weighted by Gasteiger charge is -2.28. The summed E-state index contributed by atoms with van der Waals surface area (Å²) in [6.45, 7) is 3.58. The normalized spacial score (nSPS) is 16.6. The summed E-state index contributed by atoms with van der Waals surface area (Å²) >= 11 is 0. The van der Waals surface area contributed by atoms with Gasteiger partial charge in [0.05, 0.1) is 5.57 Å². The van der Waals surface area contributed by atoms with Crippen molar-refractivity contribution in [3.63, 3.8) is 0 Å². The summed E-state index contributed by atoms with van der Waals surface area (Å²) in [5.74, 6) is -0.340. The van der Waals surface area contributed by atoms with Crippen molar-refractivity contribution in [1.29, 1.82) is 0 Å². The first kappa shape index (κ1) is 12.5. The van der Waals surface area contributed by atoms with Crippen LogP contribution in [0.4, 0.5) is 0 Å². The maximum Gasteiger partial charge on any atom is 0.343 e. The molecule has 2 heteroatoms. The molecule has 3 rings (SSSR count). The van der Waals surface area contributed by atoms with E-state index in [1.54, 1.807) is 0 Å². The smallest absolute Gasteiger partial charge is 0.343 e. The number of ether oxygens (including phenoxy) is 1. The van der Waals surface area contributed by atoms with E-state index in [9.17, 15) is 4.79 Å². The summed E-state index contributed by atoms with van der Waals surface area (Å²) in [4.78, 5) is 12.0. The molecule has 0 amide bonds. The fraction of sp³-hybridized carbons (Fsp3) is 0.111. The summed E-state index contributed by atoms with van der Waals surface area (Å²) in [6, 6.07) is 19.6. The van der Waals surface area contributed by atoms with Gasteiger partial charge in [-0.3, -0.25) is 0 Å². The van der Waals surface area contributed by atoms with Crippen molar-refractivity contribution in [3.05, 3.63) is 89.7 Å². The largest absolute Gasteiger partial charge is 0.445 e. The number of rotatable bonds is 2. The van der Waals surface area contributed by atoms with Crippen LogP contribution in [0.25, 0.3) is 0 Å². The fourth-order valence-corrected chi connectivity index (χ4v) is 2.62. The zero-order valence-corrected chi connectivity index (χ0v) is 11.0. The Morgan fingerprint density at radius 3 is 1.85 bits per heavy atom. The molecule has 20 heavy (non-hydrogen) atoms. The average molecular weight is 262 g/mol. The summed E-state index contributed by atoms with van der Waals surface area (Å²) in [5.41, 5.74) is 4.36. The van der Waals surface area contributed by atoms with Crippen LogP contribution in [-0.4, -0.2) is 5.97 Å². The molecule has 98 valence electrons. The molecule has 0 atom stereocenters. The van der Waals surface area contributed by atoms with Crippen LogP contribution < -0.4 is 0 Å². The van der Waals surface area contributed by atoms with Gasteiger partial charge in [0, 0.05) is 17.5 Å². The van der Waals surface area contributed by atoms with Gasteiger partial charge in [0.2, 0.25) is 0 Å². The molecule has 2 aromatic carbocycles. The Labute approximate surface area is 118 Å². The van der Waals surface area contributed by atoms with Gasteiger partial charge in [-0.15, -0.1) is 5.73 Å². The fourth-order valence-electron chi connectivity index (χ4n) is 2.62. The molecule has 2 aromatic rings. The number of hydrogen-bond donors (Lipinski definition) is 0. The second-order valence-electron chi connectivity index (χ2n) is 4.78. The van der Waals surface area contributed by atoms with E-state index in [2.05, 4.69) is 12.3 Å². The van der Waals surface area contributed by atoms with Gasteiger partial charge >= 0.3 is 5.97 Å². The van der Waals surface area contributed by atoms with Crippen molar-refractivity contribution in [2.75, 3.05) is 0 Å². The first-order valence-electron chi connectivity index (χ1n) is 6.49. The monoisotopic (exact) mass is 262 g/mol. The zero-order chi connectivity index (χ0) is 14.0. The van der Waals surface area contributed by atoms with Gasteiger partial charge in [-0.1, -0.05) is 67.2 Å². The topological polar surface area (TPSA) is 26.3 Å². The SMILES string of the molecule is C=C=C1CC(c2ccccc2)(c2ccccc2)OC1=O. The van der Waals surface area contributed by atoms with E-state index >= 15 is 0 Å². The van der Waals surface area contributed by atoms with E-state index in [1.807, 2.05) is 60.7 Å².